The molecule has 0 aliphatic heterocycles. The van der Waals surface area contributed by atoms with Crippen LogP contribution < -0.4 is 5.36 Å². The molecule has 0 saturated carbocycles. The Morgan fingerprint density at radius 1 is 0.944 bits per heavy atom. The highest BCUT2D eigenvalue weighted by atomic mass is 16.3. The average molecular weight is 235 g/mol. The normalized spacial score (nSPS) is 10.7. The van der Waals surface area contributed by atoms with Crippen molar-refractivity contribution in [1.82, 2.24) is 0 Å². The van der Waals surface area contributed by atoms with Crippen LogP contribution in [0, 0.1) is 12.3 Å². The van der Waals surface area contributed by atoms with E-state index in [1.807, 2.05) is 55.5 Å². The minimum absolute atomic E-state index is 0.499. The zero-order chi connectivity index (χ0) is 12.5. The molecule has 0 fully saturated rings. The first-order chi connectivity index (χ1) is 8.74. The van der Waals surface area contributed by atoms with Crippen molar-refractivity contribution in [3.63, 3.8) is 0 Å². The lowest BCUT2D eigenvalue weighted by atomic mass is 10.1. The van der Waals surface area contributed by atoms with Gasteiger partial charge in [0.15, 0.2) is 0 Å². The Morgan fingerprint density at radius 3 is 2.50 bits per heavy atom. The minimum Gasteiger partial charge on any atom is -0.456 e. The number of hydrogen-bond donors (Lipinski definition) is 1. The van der Waals surface area contributed by atoms with E-state index in [1.54, 1.807) is 6.07 Å². The molecule has 0 aliphatic rings. The van der Waals surface area contributed by atoms with E-state index in [2.05, 4.69) is 0 Å². The van der Waals surface area contributed by atoms with Crippen LogP contribution in [0.3, 0.4) is 0 Å². The highest BCUT2D eigenvalue weighted by Crippen LogP contribution is 2.22. The first kappa shape index (κ1) is 10.8. The fraction of sp³-hybridized carbons (Fsp3) is 0.0625. The zero-order valence-electron chi connectivity index (χ0n) is 10.1. The minimum atomic E-state index is 0.499. The van der Waals surface area contributed by atoms with Gasteiger partial charge in [0.25, 0.3) is 0 Å². The Morgan fingerprint density at radius 2 is 1.72 bits per heavy atom. The Bertz CT molecular complexity index is 757. The Kier molecular flexibility index (Phi) is 2.49. The monoisotopic (exact) mass is 235 g/mol. The second kappa shape index (κ2) is 4.15. The van der Waals surface area contributed by atoms with Gasteiger partial charge < -0.3 is 4.42 Å². The number of hydrogen-bond acceptors (Lipinski definition) is 2. The lowest BCUT2D eigenvalue weighted by molar-refractivity contribution is 0.618. The third kappa shape index (κ3) is 1.82. The van der Waals surface area contributed by atoms with Gasteiger partial charge in [-0.05, 0) is 19.1 Å². The maximum Gasteiger partial charge on any atom is 0.136 e. The summed E-state index contributed by atoms with van der Waals surface area (Å²) in [6.07, 6.45) is 0. The van der Waals surface area contributed by atoms with Gasteiger partial charge >= 0.3 is 0 Å². The second-order valence-electron chi connectivity index (χ2n) is 4.39. The second-order valence-corrected chi connectivity index (χ2v) is 4.39. The SMILES string of the molecule is Cc1ccc2oc(-c3ccccc3)cc(=N)c2c1. The Labute approximate surface area is 105 Å². The van der Waals surface area contributed by atoms with Gasteiger partial charge in [-0.15, -0.1) is 0 Å². The molecule has 1 heterocycles. The van der Waals surface area contributed by atoms with Gasteiger partial charge in [0, 0.05) is 17.0 Å². The first-order valence-corrected chi connectivity index (χ1v) is 5.88. The van der Waals surface area contributed by atoms with Crippen LogP contribution in [0.2, 0.25) is 0 Å². The molecule has 0 atom stereocenters. The van der Waals surface area contributed by atoms with Crippen molar-refractivity contribution in [1.29, 1.82) is 5.41 Å². The lowest BCUT2D eigenvalue weighted by Gasteiger charge is -2.04. The lowest BCUT2D eigenvalue weighted by Crippen LogP contribution is -2.00. The molecule has 0 spiro atoms. The van der Waals surface area contributed by atoms with Crippen molar-refractivity contribution in [3.05, 3.63) is 65.5 Å². The van der Waals surface area contributed by atoms with E-state index in [0.29, 0.717) is 5.36 Å². The molecule has 1 aromatic heterocycles. The quantitative estimate of drug-likeness (QED) is 0.682. The summed E-state index contributed by atoms with van der Waals surface area (Å²) in [7, 11) is 0. The molecule has 88 valence electrons. The molecular weight excluding hydrogens is 222 g/mol. The summed E-state index contributed by atoms with van der Waals surface area (Å²) < 4.78 is 5.86. The molecule has 0 unspecified atom stereocenters. The van der Waals surface area contributed by atoms with Crippen LogP contribution in [0.25, 0.3) is 22.3 Å². The van der Waals surface area contributed by atoms with Gasteiger partial charge in [-0.25, -0.2) is 0 Å². The van der Waals surface area contributed by atoms with Gasteiger partial charge in [0.2, 0.25) is 0 Å². The summed E-state index contributed by atoms with van der Waals surface area (Å²) >= 11 is 0. The first-order valence-electron chi connectivity index (χ1n) is 5.88. The van der Waals surface area contributed by atoms with Gasteiger partial charge in [-0.2, -0.15) is 0 Å². The molecule has 0 saturated heterocycles. The van der Waals surface area contributed by atoms with Crippen LogP contribution in [0.15, 0.2) is 59.0 Å². The number of rotatable bonds is 1. The molecule has 2 heteroatoms. The molecule has 0 aliphatic carbocycles. The third-order valence-electron chi connectivity index (χ3n) is 2.98. The van der Waals surface area contributed by atoms with Gasteiger partial charge in [0.05, 0.1) is 5.36 Å². The molecule has 2 nitrogen and oxygen atoms in total. The zero-order valence-corrected chi connectivity index (χ0v) is 10.1. The fourth-order valence-corrected chi connectivity index (χ4v) is 2.04. The van der Waals surface area contributed by atoms with E-state index in [-0.39, 0.29) is 0 Å². The molecule has 1 N–H and O–H groups in total. The molecule has 2 aromatic carbocycles. The predicted octanol–water partition coefficient (Wildman–Crippen LogP) is 3.89. The highest BCUT2D eigenvalue weighted by Gasteiger charge is 2.04. The summed E-state index contributed by atoms with van der Waals surface area (Å²) in [6, 6.07) is 17.6. The maximum atomic E-state index is 8.09. The molecule has 0 amide bonds. The van der Waals surface area contributed by atoms with Crippen LogP contribution in [-0.4, -0.2) is 0 Å². The molecule has 3 rings (SSSR count). The number of aryl methyl sites for hydroxylation is 1. The van der Waals surface area contributed by atoms with E-state index < -0.39 is 0 Å². The van der Waals surface area contributed by atoms with Crippen LogP contribution in [0.4, 0.5) is 0 Å². The molecular formula is C16H13NO. The van der Waals surface area contributed by atoms with Gasteiger partial charge in [-0.3, -0.25) is 5.41 Å². The highest BCUT2D eigenvalue weighted by molar-refractivity contribution is 5.78. The van der Waals surface area contributed by atoms with Crippen molar-refractivity contribution in [2.75, 3.05) is 0 Å². The van der Waals surface area contributed by atoms with E-state index in [4.69, 9.17) is 9.83 Å². The van der Waals surface area contributed by atoms with E-state index in [1.165, 1.54) is 0 Å². The topological polar surface area (TPSA) is 37.0 Å². The van der Waals surface area contributed by atoms with Crippen molar-refractivity contribution in [2.24, 2.45) is 0 Å². The van der Waals surface area contributed by atoms with Crippen LogP contribution in [-0.2, 0) is 0 Å². The molecule has 0 radical (unpaired) electrons. The maximum absolute atomic E-state index is 8.09. The fourth-order valence-electron chi connectivity index (χ4n) is 2.04. The molecule has 3 aromatic rings. The standard InChI is InChI=1S/C16H13NO/c1-11-7-8-15-13(9-11)14(17)10-16(18-15)12-5-3-2-4-6-12/h2-10,17H,1H3. The summed E-state index contributed by atoms with van der Waals surface area (Å²) in [5.41, 5.74) is 2.89. The number of fused-ring (bicyclic) bond motifs is 1. The Hall–Kier alpha value is -2.35. The van der Waals surface area contributed by atoms with Crippen LogP contribution >= 0.6 is 0 Å². The van der Waals surface area contributed by atoms with Crippen LogP contribution in [0.1, 0.15) is 5.56 Å². The summed E-state index contributed by atoms with van der Waals surface area (Å²) in [4.78, 5) is 0. The van der Waals surface area contributed by atoms with Gasteiger partial charge in [-0.1, -0.05) is 42.0 Å². The van der Waals surface area contributed by atoms with Crippen molar-refractivity contribution < 1.29 is 4.42 Å². The smallest absolute Gasteiger partial charge is 0.136 e. The van der Waals surface area contributed by atoms with Gasteiger partial charge in [0.1, 0.15) is 11.3 Å². The largest absolute Gasteiger partial charge is 0.456 e. The Balaban J connectivity index is 2.29. The number of nitrogens with one attached hydrogen (secondary N) is 1. The predicted molar refractivity (Wildman–Crippen MR) is 72.2 cm³/mol. The van der Waals surface area contributed by atoms with Crippen LogP contribution in [0.5, 0.6) is 0 Å². The van der Waals surface area contributed by atoms with E-state index >= 15 is 0 Å². The van der Waals surface area contributed by atoms with Crippen molar-refractivity contribution in [2.45, 2.75) is 6.92 Å². The molecule has 18 heavy (non-hydrogen) atoms. The van der Waals surface area contributed by atoms with E-state index in [9.17, 15) is 0 Å². The summed E-state index contributed by atoms with van der Waals surface area (Å²) in [6.45, 7) is 2.02. The van der Waals surface area contributed by atoms with E-state index in [0.717, 1.165) is 27.9 Å². The third-order valence-corrected chi connectivity index (χ3v) is 2.98. The average Bonchev–Trinajstić information content (AvgIpc) is 2.40. The number of benzene rings is 2. The summed E-state index contributed by atoms with van der Waals surface area (Å²) in [5.74, 6) is 0.733. The van der Waals surface area contributed by atoms with Crippen molar-refractivity contribution >= 4 is 11.0 Å². The molecule has 0 bridgehead atoms. The van der Waals surface area contributed by atoms with Crippen molar-refractivity contribution in [3.8, 4) is 11.3 Å². The summed E-state index contributed by atoms with van der Waals surface area (Å²) in [5, 5.41) is 9.45.